The molecule has 0 N–H and O–H groups in total. The first-order chi connectivity index (χ1) is 16.2. The van der Waals surface area contributed by atoms with E-state index in [1.807, 2.05) is 22.8 Å². The van der Waals surface area contributed by atoms with E-state index < -0.39 is 0 Å². The lowest BCUT2D eigenvalue weighted by Crippen LogP contribution is -2.32. The Labute approximate surface area is 189 Å². The number of hydrogen-bond acceptors (Lipinski definition) is 6. The van der Waals surface area contributed by atoms with Crippen LogP contribution in [0.1, 0.15) is 25.2 Å². The van der Waals surface area contributed by atoms with Crippen LogP contribution in [0, 0.1) is 5.82 Å². The van der Waals surface area contributed by atoms with Gasteiger partial charge in [-0.05, 0) is 42.8 Å². The average molecular weight is 438 g/mol. The highest BCUT2D eigenvalue weighted by atomic mass is 19.1. The van der Waals surface area contributed by atoms with E-state index in [1.54, 1.807) is 41.6 Å². The minimum Gasteiger partial charge on any atom is -0.314 e. The molecule has 5 aromatic rings. The van der Waals surface area contributed by atoms with E-state index in [2.05, 4.69) is 44.1 Å². The first-order valence-electron chi connectivity index (χ1n) is 10.7. The highest BCUT2D eigenvalue weighted by Crippen LogP contribution is 2.42. The smallest absolute Gasteiger partial charge is 0.237 e. The molecule has 0 spiro atoms. The number of rotatable bonds is 4. The number of hydrogen-bond donors (Lipinski definition) is 0. The Balaban J connectivity index is 1.54. The summed E-state index contributed by atoms with van der Waals surface area (Å²) in [6.07, 6.45) is 7.78. The lowest BCUT2D eigenvalue weighted by Gasteiger charge is -2.36. The number of nitrogens with zero attached hydrogens (tertiary/aromatic N) is 8. The molecule has 0 amide bonds. The van der Waals surface area contributed by atoms with E-state index in [1.165, 1.54) is 12.1 Å². The van der Waals surface area contributed by atoms with Crippen LogP contribution in [0.2, 0.25) is 0 Å². The first kappa shape index (κ1) is 19.3. The van der Waals surface area contributed by atoms with Crippen molar-refractivity contribution in [3.63, 3.8) is 0 Å². The fraction of sp³-hybridized carbons (Fsp3) is 0.125. The van der Waals surface area contributed by atoms with Crippen molar-refractivity contribution < 1.29 is 4.39 Å². The molecule has 1 aliphatic heterocycles. The van der Waals surface area contributed by atoms with Gasteiger partial charge >= 0.3 is 0 Å². The van der Waals surface area contributed by atoms with Gasteiger partial charge in [0.1, 0.15) is 23.7 Å². The predicted molar refractivity (Wildman–Crippen MR) is 121 cm³/mol. The van der Waals surface area contributed by atoms with Gasteiger partial charge in [-0.15, -0.1) is 10.2 Å². The van der Waals surface area contributed by atoms with Gasteiger partial charge in [0.15, 0.2) is 11.6 Å². The third-order valence-electron chi connectivity index (χ3n) is 5.79. The highest BCUT2D eigenvalue weighted by Gasteiger charge is 2.34. The largest absolute Gasteiger partial charge is 0.314 e. The Morgan fingerprint density at radius 3 is 2.58 bits per heavy atom. The molecule has 162 valence electrons. The number of anilines is 2. The Hall–Kier alpha value is -4.40. The van der Waals surface area contributed by atoms with Crippen molar-refractivity contribution in [3.05, 3.63) is 91.2 Å². The van der Waals surface area contributed by atoms with Crippen LogP contribution >= 0.6 is 0 Å². The Kier molecular flexibility index (Phi) is 4.46. The molecule has 0 fully saturated rings. The second-order valence-electron chi connectivity index (χ2n) is 7.70. The van der Waals surface area contributed by atoms with Crippen molar-refractivity contribution >= 4 is 11.5 Å². The molecular weight excluding hydrogens is 419 g/mol. The molecule has 3 aromatic heterocycles. The number of fused-ring (bicyclic) bond motifs is 3. The van der Waals surface area contributed by atoms with Crippen molar-refractivity contribution in [2.75, 3.05) is 4.90 Å². The third-order valence-corrected chi connectivity index (χ3v) is 5.79. The summed E-state index contributed by atoms with van der Waals surface area (Å²) in [5.41, 5.74) is 2.58. The van der Waals surface area contributed by atoms with Gasteiger partial charge in [-0.1, -0.05) is 25.1 Å². The summed E-state index contributed by atoms with van der Waals surface area (Å²) in [5.74, 6) is 2.41. The van der Waals surface area contributed by atoms with Gasteiger partial charge in [0.25, 0.3) is 0 Å². The van der Waals surface area contributed by atoms with Gasteiger partial charge in [0.05, 0.1) is 12.2 Å². The van der Waals surface area contributed by atoms with Gasteiger partial charge in [0, 0.05) is 23.6 Å². The normalized spacial score (nSPS) is 14.7. The van der Waals surface area contributed by atoms with Crippen LogP contribution in [-0.4, -0.2) is 34.3 Å². The zero-order valence-corrected chi connectivity index (χ0v) is 17.7. The fourth-order valence-corrected chi connectivity index (χ4v) is 4.27. The highest BCUT2D eigenvalue weighted by molar-refractivity contribution is 5.72. The predicted octanol–water partition coefficient (Wildman–Crippen LogP) is 4.65. The topological polar surface area (TPSA) is 77.5 Å². The van der Waals surface area contributed by atoms with E-state index in [0.717, 1.165) is 35.0 Å². The average Bonchev–Trinajstić information content (AvgIpc) is 3.54. The molecule has 4 heterocycles. The van der Waals surface area contributed by atoms with Crippen molar-refractivity contribution in [3.8, 4) is 23.0 Å². The van der Waals surface area contributed by atoms with E-state index in [4.69, 9.17) is 4.98 Å². The lowest BCUT2D eigenvalue weighted by atomic mass is 10.1. The third kappa shape index (κ3) is 3.08. The quantitative estimate of drug-likeness (QED) is 0.406. The Morgan fingerprint density at radius 2 is 1.79 bits per heavy atom. The molecule has 0 saturated carbocycles. The maximum absolute atomic E-state index is 13.4. The summed E-state index contributed by atoms with van der Waals surface area (Å²) in [6.45, 7) is 2.12. The zero-order chi connectivity index (χ0) is 22.4. The van der Waals surface area contributed by atoms with Crippen LogP contribution < -0.4 is 4.90 Å². The summed E-state index contributed by atoms with van der Waals surface area (Å²) >= 11 is 0. The first-order valence-corrected chi connectivity index (χ1v) is 10.7. The lowest BCUT2D eigenvalue weighted by molar-refractivity contribution is 0.588. The number of benzene rings is 2. The molecule has 0 saturated heterocycles. The molecule has 0 bridgehead atoms. The second kappa shape index (κ2) is 7.63. The molecule has 1 aliphatic rings. The van der Waals surface area contributed by atoms with Gasteiger partial charge in [-0.2, -0.15) is 4.98 Å². The number of imidazole rings is 1. The van der Waals surface area contributed by atoms with Crippen LogP contribution in [0.25, 0.3) is 23.0 Å². The monoisotopic (exact) mass is 438 g/mol. The van der Waals surface area contributed by atoms with Crippen LogP contribution in [0.4, 0.5) is 15.9 Å². The maximum Gasteiger partial charge on any atom is 0.237 e. The Morgan fingerprint density at radius 1 is 0.970 bits per heavy atom. The summed E-state index contributed by atoms with van der Waals surface area (Å²) < 4.78 is 17.2. The molecule has 2 aromatic carbocycles. The van der Waals surface area contributed by atoms with Crippen molar-refractivity contribution in [1.82, 2.24) is 34.3 Å². The van der Waals surface area contributed by atoms with E-state index in [9.17, 15) is 4.39 Å². The standard InChI is InChI=1S/C24H19FN8/c1-2-19-23-30-28-15-32(23)20-14-27-24(29-22(20)33(19)18-6-4-3-5-7-18)31-13-12-26-21(31)16-8-10-17(25)11-9-16/h3-15,19H,2H2,1H3. The molecule has 8 nitrogen and oxygen atoms in total. The zero-order valence-electron chi connectivity index (χ0n) is 17.7. The molecule has 1 atom stereocenters. The van der Waals surface area contributed by atoms with E-state index >= 15 is 0 Å². The molecule has 0 radical (unpaired) electrons. The van der Waals surface area contributed by atoms with Crippen molar-refractivity contribution in [2.45, 2.75) is 19.4 Å². The summed E-state index contributed by atoms with van der Waals surface area (Å²) in [5, 5.41) is 8.53. The minimum atomic E-state index is -0.296. The van der Waals surface area contributed by atoms with Crippen molar-refractivity contribution in [2.24, 2.45) is 0 Å². The minimum absolute atomic E-state index is 0.0375. The van der Waals surface area contributed by atoms with Gasteiger partial charge in [-0.3, -0.25) is 9.13 Å². The number of para-hydroxylation sites is 1. The Bertz CT molecular complexity index is 1420. The molecule has 9 heteroatoms. The summed E-state index contributed by atoms with van der Waals surface area (Å²) in [6, 6.07) is 16.3. The van der Waals surface area contributed by atoms with Crippen LogP contribution in [0.5, 0.6) is 0 Å². The molecule has 6 rings (SSSR count). The SMILES string of the molecule is CCC1c2nncn2-c2cnc(-n3ccnc3-c3ccc(F)cc3)nc2N1c1ccccc1. The summed E-state index contributed by atoms with van der Waals surface area (Å²) in [7, 11) is 0. The van der Waals surface area contributed by atoms with Gasteiger partial charge in [0.2, 0.25) is 5.95 Å². The van der Waals surface area contributed by atoms with Crippen LogP contribution in [-0.2, 0) is 0 Å². The number of aromatic nitrogens is 7. The van der Waals surface area contributed by atoms with Crippen molar-refractivity contribution in [1.29, 1.82) is 0 Å². The van der Waals surface area contributed by atoms with Gasteiger partial charge in [-0.25, -0.2) is 14.4 Å². The second-order valence-corrected chi connectivity index (χ2v) is 7.70. The maximum atomic E-state index is 13.4. The van der Waals surface area contributed by atoms with Crippen LogP contribution in [0.15, 0.2) is 79.5 Å². The molecule has 1 unspecified atom stereocenters. The van der Waals surface area contributed by atoms with E-state index in [0.29, 0.717) is 11.8 Å². The molecule has 33 heavy (non-hydrogen) atoms. The molecule has 0 aliphatic carbocycles. The van der Waals surface area contributed by atoms with Gasteiger partial charge < -0.3 is 4.90 Å². The molecular formula is C24H19FN8. The summed E-state index contributed by atoms with van der Waals surface area (Å²) in [4.78, 5) is 16.3. The van der Waals surface area contributed by atoms with Crippen LogP contribution in [0.3, 0.4) is 0 Å². The fourth-order valence-electron chi connectivity index (χ4n) is 4.27. The number of halogens is 1. The van der Waals surface area contributed by atoms with E-state index in [-0.39, 0.29) is 11.9 Å².